The standard InChI is InChI=1S/C10H11BrClNO5S/c1-13(2-3-14)19(17,18)6-4-7(10(15)16)9(12)8(11)5-6/h4-5,14H,2-3H2,1H3,(H,15,16). The first-order valence-corrected chi connectivity index (χ1v) is 7.62. The van der Waals surface area contributed by atoms with E-state index in [1.54, 1.807) is 0 Å². The van der Waals surface area contributed by atoms with E-state index in [0.29, 0.717) is 0 Å². The Kier molecular flexibility index (Phi) is 5.34. The number of carboxylic acids is 1. The molecule has 0 aliphatic rings. The first-order chi connectivity index (χ1) is 8.71. The fourth-order valence-corrected chi connectivity index (χ4v) is 3.33. The van der Waals surface area contributed by atoms with Gasteiger partial charge in [-0.1, -0.05) is 11.6 Å². The van der Waals surface area contributed by atoms with Crippen molar-refractivity contribution < 1.29 is 23.4 Å². The van der Waals surface area contributed by atoms with Crippen LogP contribution in [-0.4, -0.2) is 49.1 Å². The molecule has 2 N–H and O–H groups in total. The number of carbonyl (C=O) groups is 1. The average Bonchev–Trinajstić information content (AvgIpc) is 2.32. The Morgan fingerprint density at radius 3 is 2.53 bits per heavy atom. The van der Waals surface area contributed by atoms with Crippen molar-refractivity contribution in [2.75, 3.05) is 20.2 Å². The molecule has 0 aromatic heterocycles. The second kappa shape index (κ2) is 6.19. The van der Waals surface area contributed by atoms with E-state index in [-0.39, 0.29) is 33.1 Å². The molecule has 0 saturated heterocycles. The Morgan fingerprint density at radius 1 is 1.47 bits per heavy atom. The lowest BCUT2D eigenvalue weighted by Crippen LogP contribution is -2.29. The van der Waals surface area contributed by atoms with Gasteiger partial charge in [-0.05, 0) is 28.1 Å². The van der Waals surface area contributed by atoms with Crippen molar-refractivity contribution in [3.8, 4) is 0 Å². The molecule has 0 fully saturated rings. The summed E-state index contributed by atoms with van der Waals surface area (Å²) < 4.78 is 25.3. The van der Waals surface area contributed by atoms with Crippen LogP contribution in [0.5, 0.6) is 0 Å². The van der Waals surface area contributed by atoms with E-state index in [1.165, 1.54) is 13.1 Å². The van der Waals surface area contributed by atoms with Crippen molar-refractivity contribution in [3.63, 3.8) is 0 Å². The van der Waals surface area contributed by atoms with Crippen molar-refractivity contribution in [2.45, 2.75) is 4.90 Å². The summed E-state index contributed by atoms with van der Waals surface area (Å²) in [5, 5.41) is 17.7. The molecule has 106 valence electrons. The summed E-state index contributed by atoms with van der Waals surface area (Å²) in [5.41, 5.74) is -0.313. The highest BCUT2D eigenvalue weighted by molar-refractivity contribution is 9.10. The molecule has 9 heteroatoms. The highest BCUT2D eigenvalue weighted by atomic mass is 79.9. The lowest BCUT2D eigenvalue weighted by atomic mass is 10.2. The first-order valence-electron chi connectivity index (χ1n) is 5.01. The van der Waals surface area contributed by atoms with E-state index in [0.717, 1.165) is 10.4 Å². The molecule has 0 aliphatic heterocycles. The SMILES string of the molecule is CN(CCO)S(=O)(=O)c1cc(Br)c(Cl)c(C(=O)O)c1. The van der Waals surface area contributed by atoms with Gasteiger partial charge in [-0.25, -0.2) is 13.2 Å². The average molecular weight is 373 g/mol. The molecule has 0 aliphatic carbocycles. The highest BCUT2D eigenvalue weighted by Crippen LogP contribution is 2.30. The number of aliphatic hydroxyl groups is 1. The van der Waals surface area contributed by atoms with Crippen molar-refractivity contribution in [2.24, 2.45) is 0 Å². The molecular formula is C10H11BrClNO5S. The molecule has 0 unspecified atom stereocenters. The zero-order valence-electron chi connectivity index (χ0n) is 9.80. The van der Waals surface area contributed by atoms with E-state index >= 15 is 0 Å². The summed E-state index contributed by atoms with van der Waals surface area (Å²) in [6.45, 7) is -0.429. The van der Waals surface area contributed by atoms with Crippen LogP contribution in [0.3, 0.4) is 0 Å². The van der Waals surface area contributed by atoms with Crippen LogP contribution in [0.25, 0.3) is 0 Å². The number of sulfonamides is 1. The van der Waals surface area contributed by atoms with Crippen molar-refractivity contribution in [3.05, 3.63) is 27.2 Å². The quantitative estimate of drug-likeness (QED) is 0.815. The third kappa shape index (κ3) is 3.46. The zero-order chi connectivity index (χ0) is 14.8. The third-order valence-corrected chi connectivity index (χ3v) is 5.45. The van der Waals surface area contributed by atoms with Crippen molar-refractivity contribution in [1.29, 1.82) is 0 Å². The van der Waals surface area contributed by atoms with Crippen molar-refractivity contribution in [1.82, 2.24) is 4.31 Å². The van der Waals surface area contributed by atoms with Crippen molar-refractivity contribution >= 4 is 43.5 Å². The fourth-order valence-electron chi connectivity index (χ4n) is 1.31. The van der Waals surface area contributed by atoms with Gasteiger partial charge < -0.3 is 10.2 Å². The van der Waals surface area contributed by atoms with Gasteiger partial charge in [0.2, 0.25) is 10.0 Å². The van der Waals surface area contributed by atoms with E-state index in [2.05, 4.69) is 15.9 Å². The minimum Gasteiger partial charge on any atom is -0.478 e. The molecular weight excluding hydrogens is 362 g/mol. The molecule has 0 amide bonds. The molecule has 6 nitrogen and oxygen atoms in total. The minimum atomic E-state index is -3.88. The maximum absolute atomic E-state index is 12.1. The molecule has 1 aromatic carbocycles. The largest absolute Gasteiger partial charge is 0.478 e. The van der Waals surface area contributed by atoms with E-state index < -0.39 is 16.0 Å². The number of aliphatic hydroxyl groups excluding tert-OH is 1. The number of halogens is 2. The Bertz CT molecular complexity index is 604. The minimum absolute atomic E-state index is 0.0729. The number of carboxylic acid groups (broad SMARTS) is 1. The monoisotopic (exact) mass is 371 g/mol. The fraction of sp³-hybridized carbons (Fsp3) is 0.300. The van der Waals surface area contributed by atoms with Gasteiger partial charge in [-0.2, -0.15) is 4.31 Å². The number of nitrogens with zero attached hydrogens (tertiary/aromatic N) is 1. The Morgan fingerprint density at radius 2 is 2.05 bits per heavy atom. The molecule has 1 aromatic rings. The lowest BCUT2D eigenvalue weighted by molar-refractivity contribution is 0.0696. The van der Waals surface area contributed by atoms with Gasteiger partial charge >= 0.3 is 5.97 Å². The second-order valence-electron chi connectivity index (χ2n) is 3.62. The van der Waals surface area contributed by atoms with Gasteiger partial charge in [0, 0.05) is 18.1 Å². The Balaban J connectivity index is 3.40. The van der Waals surface area contributed by atoms with Crippen LogP contribution in [0.1, 0.15) is 10.4 Å². The Hall–Kier alpha value is -0.670. The molecule has 0 atom stereocenters. The lowest BCUT2D eigenvalue weighted by Gasteiger charge is -2.16. The summed E-state index contributed by atoms with van der Waals surface area (Å²) in [6.07, 6.45) is 0. The zero-order valence-corrected chi connectivity index (χ0v) is 13.0. The molecule has 0 bridgehead atoms. The topological polar surface area (TPSA) is 94.9 Å². The summed E-state index contributed by atoms with van der Waals surface area (Å²) in [4.78, 5) is 10.8. The predicted molar refractivity (Wildman–Crippen MR) is 73.0 cm³/mol. The highest BCUT2D eigenvalue weighted by Gasteiger charge is 2.24. The van der Waals surface area contributed by atoms with Crippen LogP contribution in [0.15, 0.2) is 21.5 Å². The molecule has 19 heavy (non-hydrogen) atoms. The number of rotatable bonds is 5. The Labute approximate surface area is 123 Å². The van der Waals surface area contributed by atoms with Crippen LogP contribution < -0.4 is 0 Å². The molecule has 0 saturated carbocycles. The number of likely N-dealkylation sites (N-methyl/N-ethyl adjacent to an activating group) is 1. The first kappa shape index (κ1) is 16.4. The number of hydrogen-bond donors (Lipinski definition) is 2. The maximum Gasteiger partial charge on any atom is 0.337 e. The number of aromatic carboxylic acids is 1. The molecule has 1 rings (SSSR count). The van der Waals surface area contributed by atoms with E-state index in [9.17, 15) is 13.2 Å². The van der Waals surface area contributed by atoms with E-state index in [1.807, 2.05) is 0 Å². The van der Waals surface area contributed by atoms with E-state index in [4.69, 9.17) is 21.8 Å². The predicted octanol–water partition coefficient (Wildman–Crippen LogP) is 1.41. The van der Waals surface area contributed by atoms with Gasteiger partial charge in [-0.3, -0.25) is 0 Å². The van der Waals surface area contributed by atoms with Gasteiger partial charge in [0.25, 0.3) is 0 Å². The molecule has 0 spiro atoms. The van der Waals surface area contributed by atoms with Gasteiger partial charge in [0.15, 0.2) is 0 Å². The summed E-state index contributed by atoms with van der Waals surface area (Å²) in [6, 6.07) is 2.20. The van der Waals surface area contributed by atoms with Gasteiger partial charge in [0.05, 0.1) is 22.1 Å². The summed E-state index contributed by atoms with van der Waals surface area (Å²) >= 11 is 8.79. The summed E-state index contributed by atoms with van der Waals surface area (Å²) in [7, 11) is -2.59. The molecule has 0 heterocycles. The van der Waals surface area contributed by atoms with Crippen LogP contribution in [0.2, 0.25) is 5.02 Å². The smallest absolute Gasteiger partial charge is 0.337 e. The van der Waals surface area contributed by atoms with Gasteiger partial charge in [-0.15, -0.1) is 0 Å². The second-order valence-corrected chi connectivity index (χ2v) is 6.90. The molecule has 0 radical (unpaired) electrons. The van der Waals surface area contributed by atoms with Crippen LogP contribution in [0, 0.1) is 0 Å². The normalized spacial score (nSPS) is 11.8. The number of hydrogen-bond acceptors (Lipinski definition) is 4. The summed E-state index contributed by atoms with van der Waals surface area (Å²) in [5.74, 6) is -1.33. The van der Waals surface area contributed by atoms with Crippen LogP contribution in [-0.2, 0) is 10.0 Å². The number of benzene rings is 1. The van der Waals surface area contributed by atoms with Crippen LogP contribution >= 0.6 is 27.5 Å². The van der Waals surface area contributed by atoms with Crippen LogP contribution in [0.4, 0.5) is 0 Å². The maximum atomic E-state index is 12.1. The third-order valence-electron chi connectivity index (χ3n) is 2.36. The van der Waals surface area contributed by atoms with Gasteiger partial charge in [0.1, 0.15) is 0 Å².